The van der Waals surface area contributed by atoms with Crippen LogP contribution in [0.15, 0.2) is 0 Å². The summed E-state index contributed by atoms with van der Waals surface area (Å²) in [5.41, 5.74) is 5.52. The number of ether oxygens (including phenoxy) is 1. The molecule has 0 fully saturated rings. The zero-order valence-electron chi connectivity index (χ0n) is 9.75. The Kier molecular flexibility index (Phi) is 6.54. The van der Waals surface area contributed by atoms with Crippen molar-refractivity contribution in [3.05, 3.63) is 0 Å². The fraction of sp³-hybridized carbons (Fsp3) is 0.909. The molecular weight excluding hydrogens is 178 g/mol. The molecule has 0 spiro atoms. The van der Waals surface area contributed by atoms with Crippen molar-refractivity contribution in [1.82, 2.24) is 0 Å². The maximum Gasteiger partial charge on any atom is 0.310 e. The van der Waals surface area contributed by atoms with E-state index in [4.69, 9.17) is 10.5 Å². The molecule has 2 unspecified atom stereocenters. The molecule has 2 N–H and O–H groups in total. The van der Waals surface area contributed by atoms with Gasteiger partial charge in [0.05, 0.1) is 12.0 Å². The summed E-state index contributed by atoms with van der Waals surface area (Å²) in [4.78, 5) is 11.6. The highest BCUT2D eigenvalue weighted by molar-refractivity contribution is 5.73. The lowest BCUT2D eigenvalue weighted by atomic mass is 9.96. The molecule has 0 aliphatic rings. The summed E-state index contributed by atoms with van der Waals surface area (Å²) in [5, 5.41) is 0. The molecule has 0 radical (unpaired) electrons. The molecule has 0 bridgehead atoms. The number of carbonyl (C=O) groups is 1. The zero-order chi connectivity index (χ0) is 11.1. The number of rotatable bonds is 6. The van der Waals surface area contributed by atoms with Crippen molar-refractivity contribution >= 4 is 5.97 Å². The van der Waals surface area contributed by atoms with Gasteiger partial charge in [-0.15, -0.1) is 0 Å². The van der Waals surface area contributed by atoms with Gasteiger partial charge in [0.2, 0.25) is 0 Å². The standard InChI is InChI=1S/C11H23NO2/c1-5-6-9(4)14-11(13)10(7-12)8(2)3/h8-10H,5-7,12H2,1-4H3. The third-order valence-corrected chi connectivity index (χ3v) is 2.37. The lowest BCUT2D eigenvalue weighted by Gasteiger charge is -2.20. The van der Waals surface area contributed by atoms with Gasteiger partial charge in [-0.2, -0.15) is 0 Å². The minimum absolute atomic E-state index is 0.0142. The van der Waals surface area contributed by atoms with Gasteiger partial charge in [-0.1, -0.05) is 27.2 Å². The Morgan fingerprint density at radius 2 is 1.93 bits per heavy atom. The predicted molar refractivity (Wildman–Crippen MR) is 57.8 cm³/mol. The van der Waals surface area contributed by atoms with Gasteiger partial charge in [0.25, 0.3) is 0 Å². The van der Waals surface area contributed by atoms with Crippen molar-refractivity contribution in [2.75, 3.05) is 6.54 Å². The first-order valence-corrected chi connectivity index (χ1v) is 5.43. The molecule has 3 nitrogen and oxygen atoms in total. The Balaban J connectivity index is 4.04. The normalized spacial score (nSPS) is 15.3. The van der Waals surface area contributed by atoms with E-state index in [0.717, 1.165) is 12.8 Å². The van der Waals surface area contributed by atoms with Crippen molar-refractivity contribution in [2.24, 2.45) is 17.6 Å². The monoisotopic (exact) mass is 201 g/mol. The van der Waals surface area contributed by atoms with Crippen molar-refractivity contribution in [2.45, 2.75) is 46.6 Å². The van der Waals surface area contributed by atoms with Gasteiger partial charge >= 0.3 is 5.97 Å². The van der Waals surface area contributed by atoms with Crippen LogP contribution in [0.4, 0.5) is 0 Å². The third-order valence-electron chi connectivity index (χ3n) is 2.37. The van der Waals surface area contributed by atoms with Crippen LogP contribution in [0.5, 0.6) is 0 Å². The van der Waals surface area contributed by atoms with Crippen molar-refractivity contribution < 1.29 is 9.53 Å². The van der Waals surface area contributed by atoms with Crippen LogP contribution in [-0.4, -0.2) is 18.6 Å². The van der Waals surface area contributed by atoms with Gasteiger partial charge in [0.15, 0.2) is 0 Å². The summed E-state index contributed by atoms with van der Waals surface area (Å²) in [7, 11) is 0. The highest BCUT2D eigenvalue weighted by Gasteiger charge is 2.23. The molecule has 0 aromatic rings. The van der Waals surface area contributed by atoms with Crippen LogP contribution in [0.3, 0.4) is 0 Å². The van der Waals surface area contributed by atoms with Crippen molar-refractivity contribution in [3.63, 3.8) is 0 Å². The summed E-state index contributed by atoms with van der Waals surface area (Å²) in [6.45, 7) is 8.35. The maximum absolute atomic E-state index is 11.6. The topological polar surface area (TPSA) is 52.3 Å². The molecule has 0 aliphatic heterocycles. The average molecular weight is 201 g/mol. The first-order chi connectivity index (χ1) is 6.52. The highest BCUT2D eigenvalue weighted by atomic mass is 16.5. The van der Waals surface area contributed by atoms with Gasteiger partial charge in [0, 0.05) is 6.54 Å². The van der Waals surface area contributed by atoms with Gasteiger partial charge in [0.1, 0.15) is 0 Å². The lowest BCUT2D eigenvalue weighted by molar-refractivity contribution is -0.154. The number of hydrogen-bond donors (Lipinski definition) is 1. The molecule has 84 valence electrons. The van der Waals surface area contributed by atoms with E-state index in [1.54, 1.807) is 0 Å². The largest absolute Gasteiger partial charge is 0.462 e. The second-order valence-corrected chi connectivity index (χ2v) is 4.12. The number of nitrogens with two attached hydrogens (primary N) is 1. The maximum atomic E-state index is 11.6. The Hall–Kier alpha value is -0.570. The van der Waals surface area contributed by atoms with Gasteiger partial charge < -0.3 is 10.5 Å². The molecule has 0 saturated heterocycles. The van der Waals surface area contributed by atoms with E-state index >= 15 is 0 Å². The van der Waals surface area contributed by atoms with Crippen molar-refractivity contribution in [3.8, 4) is 0 Å². The summed E-state index contributed by atoms with van der Waals surface area (Å²) in [6, 6.07) is 0. The van der Waals surface area contributed by atoms with Crippen LogP contribution in [0.25, 0.3) is 0 Å². The second kappa shape index (κ2) is 6.82. The van der Waals surface area contributed by atoms with E-state index in [-0.39, 0.29) is 23.9 Å². The molecule has 2 atom stereocenters. The minimum atomic E-state index is -0.158. The first-order valence-electron chi connectivity index (χ1n) is 5.43. The molecule has 0 aromatic carbocycles. The van der Waals surface area contributed by atoms with E-state index in [1.807, 2.05) is 20.8 Å². The van der Waals surface area contributed by atoms with Crippen LogP contribution in [0.2, 0.25) is 0 Å². The van der Waals surface area contributed by atoms with E-state index in [9.17, 15) is 4.79 Å². The van der Waals surface area contributed by atoms with Crippen molar-refractivity contribution in [1.29, 1.82) is 0 Å². The smallest absolute Gasteiger partial charge is 0.310 e. The summed E-state index contributed by atoms with van der Waals surface area (Å²) < 4.78 is 5.29. The van der Waals surface area contributed by atoms with Gasteiger partial charge in [-0.25, -0.2) is 0 Å². The molecular formula is C11H23NO2. The van der Waals surface area contributed by atoms with Crippen LogP contribution in [0, 0.1) is 11.8 Å². The fourth-order valence-electron chi connectivity index (χ4n) is 1.39. The van der Waals surface area contributed by atoms with E-state index in [2.05, 4.69) is 6.92 Å². The Morgan fingerprint density at radius 3 is 2.29 bits per heavy atom. The highest BCUT2D eigenvalue weighted by Crippen LogP contribution is 2.13. The Morgan fingerprint density at radius 1 is 1.36 bits per heavy atom. The summed E-state index contributed by atoms with van der Waals surface area (Å²) >= 11 is 0. The van der Waals surface area contributed by atoms with E-state index in [0.29, 0.717) is 6.54 Å². The van der Waals surface area contributed by atoms with E-state index < -0.39 is 0 Å². The molecule has 0 amide bonds. The first kappa shape index (κ1) is 13.4. The summed E-state index contributed by atoms with van der Waals surface area (Å²) in [5.74, 6) is -0.0564. The third kappa shape index (κ3) is 4.61. The average Bonchev–Trinajstić information content (AvgIpc) is 2.04. The molecule has 0 aromatic heterocycles. The molecule has 0 aliphatic carbocycles. The Bertz CT molecular complexity index is 169. The zero-order valence-corrected chi connectivity index (χ0v) is 9.75. The molecule has 3 heteroatoms. The van der Waals surface area contributed by atoms with Crippen LogP contribution in [0.1, 0.15) is 40.5 Å². The van der Waals surface area contributed by atoms with Gasteiger partial charge in [-0.05, 0) is 19.3 Å². The number of esters is 1. The Labute approximate surface area is 87.0 Å². The van der Waals surface area contributed by atoms with Crippen LogP contribution in [-0.2, 0) is 9.53 Å². The SMILES string of the molecule is CCCC(C)OC(=O)C(CN)C(C)C. The van der Waals surface area contributed by atoms with Crippen LogP contribution < -0.4 is 5.73 Å². The fourth-order valence-corrected chi connectivity index (χ4v) is 1.39. The number of carbonyl (C=O) groups excluding carboxylic acids is 1. The van der Waals surface area contributed by atoms with Crippen LogP contribution >= 0.6 is 0 Å². The molecule has 0 saturated carbocycles. The van der Waals surface area contributed by atoms with E-state index in [1.165, 1.54) is 0 Å². The molecule has 0 rings (SSSR count). The quantitative estimate of drug-likeness (QED) is 0.668. The number of hydrogen-bond acceptors (Lipinski definition) is 3. The molecule has 0 heterocycles. The lowest BCUT2D eigenvalue weighted by Crippen LogP contribution is -2.32. The predicted octanol–water partition coefficient (Wildman–Crippen LogP) is 1.95. The molecule has 14 heavy (non-hydrogen) atoms. The summed E-state index contributed by atoms with van der Waals surface area (Å²) in [6.07, 6.45) is 1.96. The second-order valence-electron chi connectivity index (χ2n) is 4.12. The van der Waals surface area contributed by atoms with Gasteiger partial charge in [-0.3, -0.25) is 4.79 Å². The minimum Gasteiger partial charge on any atom is -0.462 e.